The third-order valence-corrected chi connectivity index (χ3v) is 3.86. The molecule has 4 nitrogen and oxygen atoms in total. The Morgan fingerprint density at radius 3 is 2.59 bits per heavy atom. The second kappa shape index (κ2) is 9.03. The smallest absolute Gasteiger partial charge is 0.136 e. The van der Waals surface area contributed by atoms with Crippen molar-refractivity contribution >= 4 is 32.8 Å². The van der Waals surface area contributed by atoms with Gasteiger partial charge in [0.1, 0.15) is 12.6 Å². The van der Waals surface area contributed by atoms with Gasteiger partial charge >= 0.3 is 0 Å². The predicted molar refractivity (Wildman–Crippen MR) is 72.7 cm³/mol. The topological polar surface area (TPSA) is 55.4 Å². The molecule has 0 aliphatic heterocycles. The number of thiol groups is 1. The molecule has 1 aliphatic carbocycles. The van der Waals surface area contributed by atoms with Crippen molar-refractivity contribution in [2.45, 2.75) is 56.7 Å². The minimum atomic E-state index is -0.186. The normalized spacial score (nSPS) is 27.1. The Hall–Kier alpha value is 0.0400. The highest BCUT2D eigenvalue weighted by molar-refractivity contribution is 8.36. The molecule has 1 rings (SSSR count). The zero-order valence-electron chi connectivity index (χ0n) is 9.80. The molecule has 2 atom stereocenters. The number of hydrogen-bond acceptors (Lipinski definition) is 5. The number of hydrogen-bond donors (Lipinski definition) is 2. The van der Waals surface area contributed by atoms with Gasteiger partial charge in [-0.05, 0) is 32.1 Å². The first kappa shape index (κ1) is 15.1. The summed E-state index contributed by atoms with van der Waals surface area (Å²) in [6, 6.07) is 0.189. The average Bonchev–Trinajstić information content (AvgIpc) is 2.37. The molecule has 2 unspecified atom stereocenters. The number of aldehydes is 2. The lowest BCUT2D eigenvalue weighted by Crippen LogP contribution is -2.42. The van der Waals surface area contributed by atoms with Gasteiger partial charge in [-0.25, -0.2) is 0 Å². The Kier molecular flexibility index (Phi) is 8.02. The fraction of sp³-hybridized carbons (Fsp3) is 0.818. The van der Waals surface area contributed by atoms with Crippen LogP contribution in [0.1, 0.15) is 38.5 Å². The fourth-order valence-corrected chi connectivity index (χ4v) is 2.99. The van der Waals surface area contributed by atoms with Crippen molar-refractivity contribution in [2.24, 2.45) is 0 Å². The summed E-state index contributed by atoms with van der Waals surface area (Å²) in [5.41, 5.74) is 0. The summed E-state index contributed by atoms with van der Waals surface area (Å²) in [6.45, 7) is 0. The molecule has 0 aromatic rings. The molecule has 1 fully saturated rings. The molecule has 98 valence electrons. The van der Waals surface area contributed by atoms with E-state index in [1.807, 2.05) is 0 Å². The van der Waals surface area contributed by atoms with Crippen LogP contribution in [0.5, 0.6) is 0 Å². The second-order valence-electron chi connectivity index (χ2n) is 4.34. The molecule has 17 heavy (non-hydrogen) atoms. The highest BCUT2D eigenvalue weighted by Gasteiger charge is 2.23. The van der Waals surface area contributed by atoms with Crippen LogP contribution in [0.4, 0.5) is 0 Å². The van der Waals surface area contributed by atoms with Gasteiger partial charge in [-0.1, -0.05) is 0 Å². The van der Waals surface area contributed by atoms with Gasteiger partial charge in [-0.2, -0.15) is 0 Å². The highest BCUT2D eigenvalue weighted by Crippen LogP contribution is 2.29. The number of nitrogens with one attached hydrogen (secondary N) is 1. The molecule has 6 heteroatoms. The van der Waals surface area contributed by atoms with Gasteiger partial charge in [0.05, 0.1) is 20.2 Å². The Morgan fingerprint density at radius 2 is 2.06 bits per heavy atom. The monoisotopic (exact) mass is 277 g/mol. The minimum Gasteiger partial charge on any atom is -0.348 e. The van der Waals surface area contributed by atoms with E-state index in [1.165, 1.54) is 0 Å². The molecule has 0 amide bonds. The molecule has 0 radical (unpaired) electrons. The standard InChI is InChI=1S/C11H20NO3PS/c13-7-1-2-10(8-14)12-9-3-5-11(6-4-9)15-16-17/h7-12,16-17H,1-6H2. The van der Waals surface area contributed by atoms with Crippen LogP contribution in [0, 0.1) is 0 Å². The Morgan fingerprint density at radius 1 is 1.35 bits per heavy atom. The summed E-state index contributed by atoms with van der Waals surface area (Å²) < 4.78 is 5.48. The SMILES string of the molecule is O=CCCC(C=O)NC1CCC(OPS)CC1. The third-order valence-electron chi connectivity index (χ3n) is 3.10. The Bertz CT molecular complexity index is 235. The molecule has 1 N–H and O–H groups in total. The zero-order chi connectivity index (χ0) is 12.5. The minimum absolute atomic E-state index is 0.186. The molecular formula is C11H20NO3PS. The van der Waals surface area contributed by atoms with Gasteiger partial charge in [-0.3, -0.25) is 0 Å². The lowest BCUT2D eigenvalue weighted by atomic mass is 9.92. The molecule has 0 spiro atoms. The first-order valence-electron chi connectivity index (χ1n) is 6.00. The maximum Gasteiger partial charge on any atom is 0.136 e. The lowest BCUT2D eigenvalue weighted by molar-refractivity contribution is -0.110. The van der Waals surface area contributed by atoms with E-state index in [4.69, 9.17) is 4.52 Å². The van der Waals surface area contributed by atoms with E-state index in [-0.39, 0.29) is 14.1 Å². The van der Waals surface area contributed by atoms with Gasteiger partial charge in [0.25, 0.3) is 0 Å². The summed E-state index contributed by atoms with van der Waals surface area (Å²) in [5, 5.41) is 3.30. The van der Waals surface area contributed by atoms with Crippen molar-refractivity contribution in [1.29, 1.82) is 0 Å². The van der Waals surface area contributed by atoms with E-state index in [1.54, 1.807) is 0 Å². The average molecular weight is 277 g/mol. The summed E-state index contributed by atoms with van der Waals surface area (Å²) in [6.07, 6.45) is 7.21. The number of carbonyl (C=O) groups excluding carboxylic acids is 2. The van der Waals surface area contributed by atoms with E-state index in [0.717, 1.165) is 38.3 Å². The molecule has 0 bridgehead atoms. The van der Waals surface area contributed by atoms with E-state index >= 15 is 0 Å². The van der Waals surface area contributed by atoms with Gasteiger partial charge < -0.3 is 19.4 Å². The van der Waals surface area contributed by atoms with Crippen LogP contribution in [0.15, 0.2) is 0 Å². The van der Waals surface area contributed by atoms with Crippen LogP contribution in [0.25, 0.3) is 0 Å². The van der Waals surface area contributed by atoms with Crippen molar-refractivity contribution in [3.05, 3.63) is 0 Å². The first-order valence-corrected chi connectivity index (χ1v) is 8.19. The van der Waals surface area contributed by atoms with Crippen molar-refractivity contribution in [1.82, 2.24) is 5.32 Å². The summed E-state index contributed by atoms with van der Waals surface area (Å²) >= 11 is 4.07. The Balaban J connectivity index is 2.23. The van der Waals surface area contributed by atoms with Crippen LogP contribution in [0.2, 0.25) is 0 Å². The lowest BCUT2D eigenvalue weighted by Gasteiger charge is -2.30. The molecule has 1 saturated carbocycles. The summed E-state index contributed by atoms with van der Waals surface area (Å²) in [7, 11) is 0.256. The van der Waals surface area contributed by atoms with Crippen LogP contribution in [0.3, 0.4) is 0 Å². The second-order valence-corrected chi connectivity index (χ2v) is 5.30. The van der Waals surface area contributed by atoms with Crippen molar-refractivity contribution in [2.75, 3.05) is 0 Å². The molecular weight excluding hydrogens is 257 g/mol. The summed E-state index contributed by atoms with van der Waals surface area (Å²) in [5.74, 6) is 0. The van der Waals surface area contributed by atoms with Crippen LogP contribution < -0.4 is 5.32 Å². The van der Waals surface area contributed by atoms with Crippen LogP contribution >= 0.6 is 20.3 Å². The fourth-order valence-electron chi connectivity index (χ4n) is 2.16. The van der Waals surface area contributed by atoms with Gasteiger partial charge in [-0.15, -0.1) is 12.2 Å². The maximum atomic E-state index is 10.8. The van der Waals surface area contributed by atoms with E-state index < -0.39 is 0 Å². The van der Waals surface area contributed by atoms with Crippen LogP contribution in [-0.4, -0.2) is 30.8 Å². The molecule has 0 heterocycles. The first-order chi connectivity index (χ1) is 8.30. The number of rotatable bonds is 8. The van der Waals surface area contributed by atoms with Crippen molar-refractivity contribution in [3.63, 3.8) is 0 Å². The molecule has 1 aliphatic rings. The number of carbonyl (C=O) groups is 2. The van der Waals surface area contributed by atoms with E-state index in [0.29, 0.717) is 25.0 Å². The van der Waals surface area contributed by atoms with E-state index in [9.17, 15) is 9.59 Å². The van der Waals surface area contributed by atoms with Gasteiger partial charge in [0.15, 0.2) is 0 Å². The zero-order valence-corrected chi connectivity index (χ0v) is 11.7. The third kappa shape index (κ3) is 5.96. The highest BCUT2D eigenvalue weighted by atomic mass is 32.7. The predicted octanol–water partition coefficient (Wildman–Crippen LogP) is 1.89. The van der Waals surface area contributed by atoms with E-state index in [2.05, 4.69) is 17.6 Å². The largest absolute Gasteiger partial charge is 0.348 e. The molecule has 0 aromatic heterocycles. The molecule has 0 aromatic carbocycles. The van der Waals surface area contributed by atoms with Crippen LogP contribution in [-0.2, 0) is 14.1 Å². The van der Waals surface area contributed by atoms with Crippen molar-refractivity contribution in [3.8, 4) is 0 Å². The quantitative estimate of drug-likeness (QED) is 0.404. The molecule has 0 saturated heterocycles. The summed E-state index contributed by atoms with van der Waals surface area (Å²) in [4.78, 5) is 21.1. The Labute approximate surface area is 109 Å². The maximum absolute atomic E-state index is 10.8. The van der Waals surface area contributed by atoms with Gasteiger partial charge in [0.2, 0.25) is 0 Å². The van der Waals surface area contributed by atoms with Crippen molar-refractivity contribution < 1.29 is 14.1 Å². The van der Waals surface area contributed by atoms with Gasteiger partial charge in [0, 0.05) is 12.5 Å².